The summed E-state index contributed by atoms with van der Waals surface area (Å²) in [6.07, 6.45) is 0.865. The third kappa shape index (κ3) is 2.15. The number of carbonyl (C=O) groups excluding carboxylic acids is 1. The number of aryl methyl sites for hydroxylation is 2. The SMILES string of the molecule is Cc1ccc(C)c(C(=O)NC2CC(N)C2(C)C)c1. The predicted octanol–water partition coefficient (Wildman–Crippen LogP) is 2.16. The monoisotopic (exact) mass is 246 g/mol. The minimum absolute atomic E-state index is 0.00656. The Bertz CT molecular complexity index is 479. The first-order valence-electron chi connectivity index (χ1n) is 6.46. The van der Waals surface area contributed by atoms with Crippen molar-refractivity contribution in [2.75, 3.05) is 0 Å². The van der Waals surface area contributed by atoms with Crippen LogP contribution < -0.4 is 11.1 Å². The van der Waals surface area contributed by atoms with Crippen molar-refractivity contribution < 1.29 is 4.79 Å². The Kier molecular flexibility index (Phi) is 3.20. The average molecular weight is 246 g/mol. The molecule has 18 heavy (non-hydrogen) atoms. The van der Waals surface area contributed by atoms with Crippen LogP contribution in [0.5, 0.6) is 0 Å². The normalized spacial score (nSPS) is 25.4. The molecule has 98 valence electrons. The molecule has 2 unspecified atom stereocenters. The molecule has 0 heterocycles. The number of benzene rings is 1. The van der Waals surface area contributed by atoms with E-state index < -0.39 is 0 Å². The Labute approximate surface area is 109 Å². The van der Waals surface area contributed by atoms with Crippen LogP contribution in [0.1, 0.15) is 41.8 Å². The van der Waals surface area contributed by atoms with Crippen molar-refractivity contribution >= 4 is 5.91 Å². The summed E-state index contributed by atoms with van der Waals surface area (Å²) in [7, 11) is 0. The van der Waals surface area contributed by atoms with Crippen LogP contribution in [0.2, 0.25) is 0 Å². The molecule has 0 radical (unpaired) electrons. The standard InChI is InChI=1S/C15H22N2O/c1-9-5-6-10(2)11(7-9)14(18)17-13-8-12(16)15(13,3)4/h5-7,12-13H,8,16H2,1-4H3,(H,17,18). The zero-order valence-electron chi connectivity index (χ0n) is 11.6. The summed E-state index contributed by atoms with van der Waals surface area (Å²) in [6.45, 7) is 8.18. The highest BCUT2D eigenvalue weighted by molar-refractivity contribution is 5.96. The molecule has 0 saturated heterocycles. The van der Waals surface area contributed by atoms with E-state index >= 15 is 0 Å². The van der Waals surface area contributed by atoms with Gasteiger partial charge in [0.1, 0.15) is 0 Å². The molecule has 1 amide bonds. The van der Waals surface area contributed by atoms with Crippen LogP contribution in [0.3, 0.4) is 0 Å². The lowest BCUT2D eigenvalue weighted by Crippen LogP contribution is -2.64. The first-order chi connectivity index (χ1) is 8.32. The molecule has 3 heteroatoms. The van der Waals surface area contributed by atoms with E-state index in [1.54, 1.807) is 0 Å². The number of rotatable bonds is 2. The first kappa shape index (κ1) is 13.1. The van der Waals surface area contributed by atoms with E-state index in [1.807, 2.05) is 32.0 Å². The lowest BCUT2D eigenvalue weighted by atomic mass is 9.63. The molecule has 1 aromatic rings. The van der Waals surface area contributed by atoms with Gasteiger partial charge in [-0.2, -0.15) is 0 Å². The molecular weight excluding hydrogens is 224 g/mol. The van der Waals surface area contributed by atoms with Gasteiger partial charge >= 0.3 is 0 Å². The molecule has 1 saturated carbocycles. The topological polar surface area (TPSA) is 55.1 Å². The average Bonchev–Trinajstić information content (AvgIpc) is 2.31. The summed E-state index contributed by atoms with van der Waals surface area (Å²) in [5.41, 5.74) is 8.85. The van der Waals surface area contributed by atoms with Crippen LogP contribution in [0.25, 0.3) is 0 Å². The van der Waals surface area contributed by atoms with Crippen LogP contribution >= 0.6 is 0 Å². The molecule has 1 aliphatic carbocycles. The highest BCUT2D eigenvalue weighted by Crippen LogP contribution is 2.39. The summed E-state index contributed by atoms with van der Waals surface area (Å²) in [5.74, 6) is 0.0150. The van der Waals surface area contributed by atoms with Gasteiger partial charge in [-0.1, -0.05) is 31.5 Å². The van der Waals surface area contributed by atoms with E-state index in [2.05, 4.69) is 19.2 Å². The Hall–Kier alpha value is -1.35. The highest BCUT2D eigenvalue weighted by atomic mass is 16.1. The number of hydrogen-bond donors (Lipinski definition) is 2. The zero-order chi connectivity index (χ0) is 13.5. The summed E-state index contributed by atoms with van der Waals surface area (Å²) in [6, 6.07) is 6.31. The van der Waals surface area contributed by atoms with E-state index in [-0.39, 0.29) is 23.4 Å². The van der Waals surface area contributed by atoms with Crippen molar-refractivity contribution in [2.24, 2.45) is 11.1 Å². The Morgan fingerprint density at radius 2 is 2.06 bits per heavy atom. The second-order valence-electron chi connectivity index (χ2n) is 6.01. The maximum atomic E-state index is 12.3. The second kappa shape index (κ2) is 4.39. The fraction of sp³-hybridized carbons (Fsp3) is 0.533. The lowest BCUT2D eigenvalue weighted by Gasteiger charge is -2.50. The molecule has 0 bridgehead atoms. The quantitative estimate of drug-likeness (QED) is 0.840. The van der Waals surface area contributed by atoms with Crippen LogP contribution in [-0.4, -0.2) is 18.0 Å². The van der Waals surface area contributed by atoms with Gasteiger partial charge < -0.3 is 11.1 Å². The van der Waals surface area contributed by atoms with E-state index in [0.717, 1.165) is 23.1 Å². The van der Waals surface area contributed by atoms with Gasteiger partial charge in [0.05, 0.1) is 0 Å². The fourth-order valence-electron chi connectivity index (χ4n) is 2.42. The van der Waals surface area contributed by atoms with Crippen molar-refractivity contribution in [3.63, 3.8) is 0 Å². The minimum Gasteiger partial charge on any atom is -0.349 e. The molecule has 2 rings (SSSR count). The summed E-state index contributed by atoms with van der Waals surface area (Å²) < 4.78 is 0. The summed E-state index contributed by atoms with van der Waals surface area (Å²) >= 11 is 0. The molecule has 1 fully saturated rings. The Balaban J connectivity index is 2.12. The van der Waals surface area contributed by atoms with Gasteiger partial charge in [0.2, 0.25) is 0 Å². The number of amides is 1. The van der Waals surface area contributed by atoms with Gasteiger partial charge in [-0.3, -0.25) is 4.79 Å². The first-order valence-corrected chi connectivity index (χ1v) is 6.46. The van der Waals surface area contributed by atoms with Crippen molar-refractivity contribution in [1.29, 1.82) is 0 Å². The summed E-state index contributed by atoms with van der Waals surface area (Å²) in [4.78, 5) is 12.3. The Morgan fingerprint density at radius 1 is 1.39 bits per heavy atom. The summed E-state index contributed by atoms with van der Waals surface area (Å²) in [5, 5.41) is 3.10. The maximum Gasteiger partial charge on any atom is 0.251 e. The van der Waals surface area contributed by atoms with Gasteiger partial charge in [-0.25, -0.2) is 0 Å². The van der Waals surface area contributed by atoms with E-state index in [0.29, 0.717) is 0 Å². The number of nitrogens with two attached hydrogens (primary N) is 1. The van der Waals surface area contributed by atoms with Gasteiger partial charge in [0.15, 0.2) is 0 Å². The lowest BCUT2D eigenvalue weighted by molar-refractivity contribution is 0.0586. The van der Waals surface area contributed by atoms with E-state index in [9.17, 15) is 4.79 Å². The maximum absolute atomic E-state index is 12.3. The zero-order valence-corrected chi connectivity index (χ0v) is 11.6. The molecule has 1 aliphatic rings. The molecule has 2 atom stereocenters. The highest BCUT2D eigenvalue weighted by Gasteiger charge is 2.46. The molecule has 0 spiro atoms. The molecule has 1 aromatic carbocycles. The number of carbonyl (C=O) groups is 1. The Morgan fingerprint density at radius 3 is 2.61 bits per heavy atom. The van der Waals surface area contributed by atoms with E-state index in [4.69, 9.17) is 5.73 Å². The molecule has 3 nitrogen and oxygen atoms in total. The third-order valence-corrected chi connectivity index (χ3v) is 4.29. The van der Waals surface area contributed by atoms with Crippen molar-refractivity contribution in [1.82, 2.24) is 5.32 Å². The van der Waals surface area contributed by atoms with Crippen molar-refractivity contribution in [2.45, 2.75) is 46.2 Å². The molecular formula is C15H22N2O. The number of nitrogens with one attached hydrogen (secondary N) is 1. The predicted molar refractivity (Wildman–Crippen MR) is 73.5 cm³/mol. The van der Waals surface area contributed by atoms with Crippen LogP contribution in [0, 0.1) is 19.3 Å². The van der Waals surface area contributed by atoms with Crippen LogP contribution in [0.4, 0.5) is 0 Å². The van der Waals surface area contributed by atoms with Crippen molar-refractivity contribution in [3.05, 3.63) is 34.9 Å². The van der Waals surface area contributed by atoms with Gasteiger partial charge in [-0.05, 0) is 31.9 Å². The van der Waals surface area contributed by atoms with Gasteiger partial charge in [0.25, 0.3) is 5.91 Å². The second-order valence-corrected chi connectivity index (χ2v) is 6.01. The smallest absolute Gasteiger partial charge is 0.251 e. The van der Waals surface area contributed by atoms with Crippen LogP contribution in [-0.2, 0) is 0 Å². The largest absolute Gasteiger partial charge is 0.349 e. The fourth-order valence-corrected chi connectivity index (χ4v) is 2.42. The van der Waals surface area contributed by atoms with Gasteiger partial charge in [0, 0.05) is 23.1 Å². The van der Waals surface area contributed by atoms with Gasteiger partial charge in [-0.15, -0.1) is 0 Å². The number of hydrogen-bond acceptors (Lipinski definition) is 2. The van der Waals surface area contributed by atoms with Crippen molar-refractivity contribution in [3.8, 4) is 0 Å². The minimum atomic E-state index is -0.00656. The molecule has 0 aliphatic heterocycles. The van der Waals surface area contributed by atoms with Crippen LogP contribution in [0.15, 0.2) is 18.2 Å². The molecule has 0 aromatic heterocycles. The molecule has 3 N–H and O–H groups in total. The van der Waals surface area contributed by atoms with E-state index in [1.165, 1.54) is 0 Å². The third-order valence-electron chi connectivity index (χ3n) is 4.29.